The summed E-state index contributed by atoms with van der Waals surface area (Å²) in [6.07, 6.45) is 0.0166. The minimum absolute atomic E-state index is 0.00828. The number of benzene rings is 1. The van der Waals surface area contributed by atoms with Gasteiger partial charge in [0.25, 0.3) is 5.91 Å². The SMILES string of the molecule is CC1CN(C(=O)c2ccc(COc3ccc(F)cc3)o2)CC(C)O1. The van der Waals surface area contributed by atoms with Crippen molar-refractivity contribution in [1.29, 1.82) is 0 Å². The predicted molar refractivity (Wildman–Crippen MR) is 85.4 cm³/mol. The molecule has 2 atom stereocenters. The maximum absolute atomic E-state index is 12.8. The van der Waals surface area contributed by atoms with E-state index in [1.165, 1.54) is 12.1 Å². The number of morpholine rings is 1. The second kappa shape index (κ2) is 7.05. The number of rotatable bonds is 4. The van der Waals surface area contributed by atoms with Gasteiger partial charge in [-0.25, -0.2) is 4.39 Å². The average Bonchev–Trinajstić information content (AvgIpc) is 3.01. The summed E-state index contributed by atoms with van der Waals surface area (Å²) in [5.41, 5.74) is 0. The molecule has 0 saturated carbocycles. The van der Waals surface area contributed by atoms with Crippen LogP contribution in [0, 0.1) is 5.82 Å². The fraction of sp³-hybridized carbons (Fsp3) is 0.389. The van der Waals surface area contributed by atoms with Crippen LogP contribution in [0.4, 0.5) is 4.39 Å². The Labute approximate surface area is 140 Å². The molecule has 1 fully saturated rings. The largest absolute Gasteiger partial charge is 0.486 e. The first-order valence-electron chi connectivity index (χ1n) is 7.93. The smallest absolute Gasteiger partial charge is 0.289 e. The van der Waals surface area contributed by atoms with Gasteiger partial charge in [0.2, 0.25) is 0 Å². The number of furan rings is 1. The number of carbonyl (C=O) groups is 1. The highest BCUT2D eigenvalue weighted by molar-refractivity contribution is 5.91. The molecule has 0 bridgehead atoms. The molecule has 3 rings (SSSR count). The lowest BCUT2D eigenvalue weighted by Crippen LogP contribution is -2.48. The normalized spacial score (nSPS) is 20.9. The number of ether oxygens (including phenoxy) is 2. The van der Waals surface area contributed by atoms with Gasteiger partial charge in [0.1, 0.15) is 23.9 Å². The minimum atomic E-state index is -0.317. The molecule has 2 aromatic rings. The van der Waals surface area contributed by atoms with E-state index in [-0.39, 0.29) is 36.3 Å². The van der Waals surface area contributed by atoms with E-state index in [1.54, 1.807) is 29.2 Å². The maximum atomic E-state index is 12.8. The van der Waals surface area contributed by atoms with Gasteiger partial charge in [-0.05, 0) is 50.2 Å². The van der Waals surface area contributed by atoms with Crippen LogP contribution >= 0.6 is 0 Å². The van der Waals surface area contributed by atoms with Crippen LogP contribution in [-0.2, 0) is 11.3 Å². The summed E-state index contributed by atoms with van der Waals surface area (Å²) in [6.45, 7) is 5.16. The van der Waals surface area contributed by atoms with Crippen LogP contribution in [0.5, 0.6) is 5.75 Å². The van der Waals surface area contributed by atoms with Crippen molar-refractivity contribution >= 4 is 5.91 Å². The minimum Gasteiger partial charge on any atom is -0.486 e. The molecule has 0 aliphatic carbocycles. The second-order valence-corrected chi connectivity index (χ2v) is 5.98. The Bertz CT molecular complexity index is 687. The van der Waals surface area contributed by atoms with Crippen molar-refractivity contribution in [1.82, 2.24) is 4.90 Å². The molecule has 0 N–H and O–H groups in total. The molecule has 2 heterocycles. The van der Waals surface area contributed by atoms with Crippen LogP contribution in [0.2, 0.25) is 0 Å². The van der Waals surface area contributed by atoms with Gasteiger partial charge in [0.15, 0.2) is 5.76 Å². The number of halogens is 1. The van der Waals surface area contributed by atoms with Crippen molar-refractivity contribution in [2.24, 2.45) is 0 Å². The van der Waals surface area contributed by atoms with E-state index in [0.29, 0.717) is 24.6 Å². The van der Waals surface area contributed by atoms with Gasteiger partial charge in [-0.1, -0.05) is 0 Å². The highest BCUT2D eigenvalue weighted by atomic mass is 19.1. The number of carbonyl (C=O) groups excluding carboxylic acids is 1. The molecule has 5 nitrogen and oxygen atoms in total. The first-order chi connectivity index (χ1) is 11.5. The van der Waals surface area contributed by atoms with Gasteiger partial charge in [-0.2, -0.15) is 0 Å². The van der Waals surface area contributed by atoms with Crippen molar-refractivity contribution in [3.8, 4) is 5.75 Å². The lowest BCUT2D eigenvalue weighted by atomic mass is 10.2. The number of hydrogen-bond acceptors (Lipinski definition) is 4. The highest BCUT2D eigenvalue weighted by Gasteiger charge is 2.28. The summed E-state index contributed by atoms with van der Waals surface area (Å²) in [4.78, 5) is 14.2. The number of nitrogens with zero attached hydrogens (tertiary/aromatic N) is 1. The highest BCUT2D eigenvalue weighted by Crippen LogP contribution is 2.18. The van der Waals surface area contributed by atoms with Crippen molar-refractivity contribution < 1.29 is 23.1 Å². The number of amides is 1. The number of hydrogen-bond donors (Lipinski definition) is 0. The monoisotopic (exact) mass is 333 g/mol. The van der Waals surface area contributed by atoms with Crippen LogP contribution in [0.25, 0.3) is 0 Å². The van der Waals surface area contributed by atoms with Gasteiger partial charge in [0, 0.05) is 13.1 Å². The molecule has 128 valence electrons. The third kappa shape index (κ3) is 3.94. The van der Waals surface area contributed by atoms with E-state index in [4.69, 9.17) is 13.9 Å². The molecule has 1 saturated heterocycles. The van der Waals surface area contributed by atoms with Gasteiger partial charge >= 0.3 is 0 Å². The van der Waals surface area contributed by atoms with Gasteiger partial charge in [-0.3, -0.25) is 4.79 Å². The lowest BCUT2D eigenvalue weighted by Gasteiger charge is -2.34. The van der Waals surface area contributed by atoms with Crippen LogP contribution in [0.3, 0.4) is 0 Å². The third-order valence-electron chi connectivity index (χ3n) is 3.77. The Morgan fingerprint density at radius 2 is 1.83 bits per heavy atom. The lowest BCUT2D eigenvalue weighted by molar-refractivity contribution is -0.0592. The summed E-state index contributed by atoms with van der Waals surface area (Å²) in [5.74, 6) is 0.898. The first kappa shape index (κ1) is 16.5. The molecule has 1 aliphatic rings. The summed E-state index contributed by atoms with van der Waals surface area (Å²) < 4.78 is 29.6. The molecule has 0 spiro atoms. The van der Waals surface area contributed by atoms with Gasteiger partial charge < -0.3 is 18.8 Å². The molecule has 6 heteroatoms. The second-order valence-electron chi connectivity index (χ2n) is 5.98. The van der Waals surface area contributed by atoms with E-state index >= 15 is 0 Å². The first-order valence-corrected chi connectivity index (χ1v) is 7.93. The van der Waals surface area contributed by atoms with Crippen molar-refractivity contribution in [3.63, 3.8) is 0 Å². The van der Waals surface area contributed by atoms with Gasteiger partial charge in [-0.15, -0.1) is 0 Å². The van der Waals surface area contributed by atoms with Crippen LogP contribution < -0.4 is 4.74 Å². The summed E-state index contributed by atoms with van der Waals surface area (Å²) in [6, 6.07) is 9.10. The summed E-state index contributed by atoms with van der Waals surface area (Å²) >= 11 is 0. The van der Waals surface area contributed by atoms with Crippen LogP contribution in [-0.4, -0.2) is 36.1 Å². The molecular weight excluding hydrogens is 313 g/mol. The van der Waals surface area contributed by atoms with E-state index in [2.05, 4.69) is 0 Å². The zero-order chi connectivity index (χ0) is 17.1. The standard InChI is InChI=1S/C18H20FNO4/c1-12-9-20(10-13(2)23-12)18(21)17-8-7-16(24-17)11-22-15-5-3-14(19)4-6-15/h3-8,12-13H,9-11H2,1-2H3. The zero-order valence-corrected chi connectivity index (χ0v) is 13.7. The maximum Gasteiger partial charge on any atom is 0.289 e. The quantitative estimate of drug-likeness (QED) is 0.862. The predicted octanol–water partition coefficient (Wildman–Crippen LogP) is 3.25. The van der Waals surface area contributed by atoms with Crippen molar-refractivity contribution in [2.75, 3.05) is 13.1 Å². The Morgan fingerprint density at radius 1 is 1.17 bits per heavy atom. The van der Waals surface area contributed by atoms with E-state index in [9.17, 15) is 9.18 Å². The zero-order valence-electron chi connectivity index (χ0n) is 13.7. The third-order valence-corrected chi connectivity index (χ3v) is 3.77. The molecule has 1 amide bonds. The summed E-state index contributed by atoms with van der Waals surface area (Å²) in [5, 5.41) is 0. The fourth-order valence-corrected chi connectivity index (χ4v) is 2.76. The van der Waals surface area contributed by atoms with E-state index in [0.717, 1.165) is 0 Å². The fourth-order valence-electron chi connectivity index (χ4n) is 2.76. The molecule has 1 aromatic heterocycles. The molecule has 24 heavy (non-hydrogen) atoms. The molecule has 1 aliphatic heterocycles. The summed E-state index contributed by atoms with van der Waals surface area (Å²) in [7, 11) is 0. The average molecular weight is 333 g/mol. The molecule has 2 unspecified atom stereocenters. The Balaban J connectivity index is 1.60. The Morgan fingerprint density at radius 3 is 2.50 bits per heavy atom. The molecule has 0 radical (unpaired) electrons. The van der Waals surface area contributed by atoms with Gasteiger partial charge in [0.05, 0.1) is 12.2 Å². The Kier molecular flexibility index (Phi) is 4.85. The topological polar surface area (TPSA) is 51.9 Å². The molecular formula is C18H20FNO4. The Hall–Kier alpha value is -2.34. The van der Waals surface area contributed by atoms with E-state index < -0.39 is 0 Å². The van der Waals surface area contributed by atoms with Crippen LogP contribution in [0.15, 0.2) is 40.8 Å². The van der Waals surface area contributed by atoms with Crippen LogP contribution in [0.1, 0.15) is 30.2 Å². The van der Waals surface area contributed by atoms with E-state index in [1.807, 2.05) is 13.8 Å². The van der Waals surface area contributed by atoms with Crippen molar-refractivity contribution in [2.45, 2.75) is 32.7 Å². The molecule has 1 aromatic carbocycles. The van der Waals surface area contributed by atoms with Crippen molar-refractivity contribution in [3.05, 3.63) is 53.7 Å².